The van der Waals surface area contributed by atoms with E-state index in [9.17, 15) is 0 Å². The molecule has 0 atom stereocenters. The van der Waals surface area contributed by atoms with E-state index in [4.69, 9.17) is 10.5 Å². The van der Waals surface area contributed by atoms with Crippen molar-refractivity contribution in [2.45, 2.75) is 6.92 Å². The van der Waals surface area contributed by atoms with Gasteiger partial charge in [-0.1, -0.05) is 6.07 Å². The highest BCUT2D eigenvalue weighted by molar-refractivity contribution is 14.1. The molecule has 0 spiro atoms. The van der Waals surface area contributed by atoms with Gasteiger partial charge >= 0.3 is 0 Å². The summed E-state index contributed by atoms with van der Waals surface area (Å²) in [5.74, 6) is 1.23. The molecule has 0 radical (unpaired) electrons. The van der Waals surface area contributed by atoms with Crippen molar-refractivity contribution in [3.05, 3.63) is 33.4 Å². The standard InChI is InChI=1S/C12H13IN4O/c1-7-3-4-8(5-9(7)13)15-10-6-11(18-2)17-12(14)16-10/h3-6H,1-2H3,(H3,14,15,16,17). The Morgan fingerprint density at radius 3 is 2.72 bits per heavy atom. The Morgan fingerprint density at radius 1 is 1.28 bits per heavy atom. The predicted molar refractivity (Wildman–Crippen MR) is 80.2 cm³/mol. The summed E-state index contributed by atoms with van der Waals surface area (Å²) >= 11 is 2.29. The van der Waals surface area contributed by atoms with Gasteiger partial charge in [0.2, 0.25) is 11.8 Å². The molecular formula is C12H13IN4O. The van der Waals surface area contributed by atoms with Crippen LogP contribution in [0.3, 0.4) is 0 Å². The summed E-state index contributed by atoms with van der Waals surface area (Å²) in [6, 6.07) is 7.78. The number of nitrogens with two attached hydrogens (primary N) is 1. The SMILES string of the molecule is COc1cc(Nc2ccc(C)c(I)c2)nc(N)n1. The van der Waals surface area contributed by atoms with Crippen molar-refractivity contribution in [2.75, 3.05) is 18.2 Å². The molecule has 1 heterocycles. The van der Waals surface area contributed by atoms with Gasteiger partial charge in [-0.25, -0.2) is 0 Å². The quantitative estimate of drug-likeness (QED) is 0.828. The van der Waals surface area contributed by atoms with Crippen molar-refractivity contribution in [1.29, 1.82) is 0 Å². The normalized spacial score (nSPS) is 10.2. The highest BCUT2D eigenvalue weighted by atomic mass is 127. The van der Waals surface area contributed by atoms with Crippen LogP contribution in [-0.2, 0) is 0 Å². The van der Waals surface area contributed by atoms with Crippen molar-refractivity contribution in [1.82, 2.24) is 9.97 Å². The van der Waals surface area contributed by atoms with E-state index in [1.54, 1.807) is 13.2 Å². The second-order valence-corrected chi connectivity index (χ2v) is 4.90. The van der Waals surface area contributed by atoms with Crippen LogP contribution in [0.4, 0.5) is 17.5 Å². The van der Waals surface area contributed by atoms with Crippen molar-refractivity contribution in [3.63, 3.8) is 0 Å². The highest BCUT2D eigenvalue weighted by Crippen LogP contribution is 2.22. The maximum Gasteiger partial charge on any atom is 0.225 e. The van der Waals surface area contributed by atoms with Gasteiger partial charge in [-0.3, -0.25) is 0 Å². The number of methoxy groups -OCH3 is 1. The van der Waals surface area contributed by atoms with E-state index in [-0.39, 0.29) is 5.95 Å². The fourth-order valence-corrected chi connectivity index (χ4v) is 1.95. The number of hydrogen-bond donors (Lipinski definition) is 2. The summed E-state index contributed by atoms with van der Waals surface area (Å²) in [6.07, 6.45) is 0. The number of ether oxygens (including phenoxy) is 1. The number of benzene rings is 1. The Labute approximate surface area is 119 Å². The van der Waals surface area contributed by atoms with E-state index >= 15 is 0 Å². The first-order chi connectivity index (χ1) is 8.58. The predicted octanol–water partition coefficient (Wildman–Crippen LogP) is 2.72. The van der Waals surface area contributed by atoms with Crippen LogP contribution < -0.4 is 15.8 Å². The van der Waals surface area contributed by atoms with Crippen LogP contribution >= 0.6 is 22.6 Å². The van der Waals surface area contributed by atoms with Crippen LogP contribution in [0.25, 0.3) is 0 Å². The summed E-state index contributed by atoms with van der Waals surface area (Å²) in [7, 11) is 1.54. The number of aromatic nitrogens is 2. The van der Waals surface area contributed by atoms with Crippen molar-refractivity contribution in [2.24, 2.45) is 0 Å². The third-order valence-corrected chi connectivity index (χ3v) is 3.54. The molecular weight excluding hydrogens is 343 g/mol. The highest BCUT2D eigenvalue weighted by Gasteiger charge is 2.04. The van der Waals surface area contributed by atoms with Gasteiger partial charge in [-0.15, -0.1) is 0 Å². The van der Waals surface area contributed by atoms with Gasteiger partial charge in [-0.05, 0) is 47.2 Å². The summed E-state index contributed by atoms with van der Waals surface area (Å²) in [5, 5.41) is 3.17. The molecule has 0 amide bonds. The van der Waals surface area contributed by atoms with Crippen LogP contribution in [0, 0.1) is 10.5 Å². The molecule has 0 aliphatic carbocycles. The zero-order valence-electron chi connectivity index (χ0n) is 10.1. The molecule has 0 aliphatic heterocycles. The van der Waals surface area contributed by atoms with Gasteiger partial charge in [-0.2, -0.15) is 9.97 Å². The van der Waals surface area contributed by atoms with Gasteiger partial charge in [0.1, 0.15) is 5.82 Å². The Kier molecular flexibility index (Phi) is 3.85. The fourth-order valence-electron chi connectivity index (χ4n) is 1.43. The number of nitrogens with one attached hydrogen (secondary N) is 1. The largest absolute Gasteiger partial charge is 0.481 e. The minimum absolute atomic E-state index is 0.179. The summed E-state index contributed by atoms with van der Waals surface area (Å²) in [5.41, 5.74) is 7.79. The molecule has 0 aliphatic rings. The van der Waals surface area contributed by atoms with Crippen LogP contribution in [0.1, 0.15) is 5.56 Å². The number of aryl methyl sites for hydroxylation is 1. The Balaban J connectivity index is 2.27. The van der Waals surface area contributed by atoms with Crippen LogP contribution in [-0.4, -0.2) is 17.1 Å². The van der Waals surface area contributed by atoms with Gasteiger partial charge in [0.15, 0.2) is 0 Å². The van der Waals surface area contributed by atoms with Gasteiger partial charge in [0.25, 0.3) is 0 Å². The first-order valence-corrected chi connectivity index (χ1v) is 6.38. The zero-order valence-corrected chi connectivity index (χ0v) is 12.2. The zero-order chi connectivity index (χ0) is 13.1. The van der Waals surface area contributed by atoms with E-state index in [1.165, 1.54) is 9.13 Å². The smallest absolute Gasteiger partial charge is 0.225 e. The minimum atomic E-state index is 0.179. The summed E-state index contributed by atoms with van der Waals surface area (Å²) < 4.78 is 6.23. The van der Waals surface area contributed by atoms with E-state index in [0.29, 0.717) is 11.7 Å². The Morgan fingerprint density at radius 2 is 2.06 bits per heavy atom. The van der Waals surface area contributed by atoms with E-state index in [1.807, 2.05) is 18.2 Å². The lowest BCUT2D eigenvalue weighted by atomic mass is 10.2. The average molecular weight is 356 g/mol. The van der Waals surface area contributed by atoms with Gasteiger partial charge < -0.3 is 15.8 Å². The molecule has 1 aromatic heterocycles. The lowest BCUT2D eigenvalue weighted by Gasteiger charge is -2.09. The number of halogens is 1. The van der Waals surface area contributed by atoms with E-state index < -0.39 is 0 Å². The maximum absolute atomic E-state index is 5.60. The molecule has 0 saturated carbocycles. The third-order valence-electron chi connectivity index (χ3n) is 2.37. The molecule has 18 heavy (non-hydrogen) atoms. The first-order valence-electron chi connectivity index (χ1n) is 5.30. The Bertz CT molecular complexity index is 574. The van der Waals surface area contributed by atoms with E-state index in [0.717, 1.165) is 5.69 Å². The molecule has 0 bridgehead atoms. The molecule has 2 aromatic rings. The van der Waals surface area contributed by atoms with Crippen molar-refractivity contribution < 1.29 is 4.74 Å². The lowest BCUT2D eigenvalue weighted by molar-refractivity contribution is 0.398. The molecule has 3 N–H and O–H groups in total. The summed E-state index contributed by atoms with van der Waals surface area (Å²) in [4.78, 5) is 8.03. The number of nitrogens with zero attached hydrogens (tertiary/aromatic N) is 2. The average Bonchev–Trinajstić information content (AvgIpc) is 2.33. The Hall–Kier alpha value is -1.57. The molecule has 5 nitrogen and oxygen atoms in total. The second kappa shape index (κ2) is 5.38. The molecule has 0 saturated heterocycles. The molecule has 94 valence electrons. The fraction of sp³-hybridized carbons (Fsp3) is 0.167. The second-order valence-electron chi connectivity index (χ2n) is 3.74. The van der Waals surface area contributed by atoms with Crippen molar-refractivity contribution in [3.8, 4) is 5.88 Å². The molecule has 0 fully saturated rings. The summed E-state index contributed by atoms with van der Waals surface area (Å²) in [6.45, 7) is 2.07. The third kappa shape index (κ3) is 3.00. The van der Waals surface area contributed by atoms with Gasteiger partial charge in [0.05, 0.1) is 7.11 Å². The number of anilines is 3. The van der Waals surface area contributed by atoms with Gasteiger partial charge in [0, 0.05) is 15.3 Å². The van der Waals surface area contributed by atoms with Crippen LogP contribution in [0.2, 0.25) is 0 Å². The van der Waals surface area contributed by atoms with Crippen molar-refractivity contribution >= 4 is 40.0 Å². The first kappa shape index (κ1) is 12.9. The lowest BCUT2D eigenvalue weighted by Crippen LogP contribution is -2.02. The van der Waals surface area contributed by atoms with Crippen LogP contribution in [0.15, 0.2) is 24.3 Å². The monoisotopic (exact) mass is 356 g/mol. The minimum Gasteiger partial charge on any atom is -0.481 e. The maximum atomic E-state index is 5.60. The number of hydrogen-bond acceptors (Lipinski definition) is 5. The molecule has 6 heteroatoms. The van der Waals surface area contributed by atoms with Crippen LogP contribution in [0.5, 0.6) is 5.88 Å². The molecule has 1 aromatic carbocycles. The number of rotatable bonds is 3. The van der Waals surface area contributed by atoms with E-state index in [2.05, 4.69) is 44.8 Å². The molecule has 2 rings (SSSR count). The topological polar surface area (TPSA) is 73.1 Å². The molecule has 0 unspecified atom stereocenters. The number of nitrogen functional groups attached to an aromatic ring is 1.